The Morgan fingerprint density at radius 3 is 2.37 bits per heavy atom. The number of aliphatic imine (C=N–C) groups is 1. The number of nitrogens with zero attached hydrogens (tertiary/aromatic N) is 3. The van der Waals surface area contributed by atoms with E-state index in [2.05, 4.69) is 25.0 Å². The maximum Gasteiger partial charge on any atom is 0.411 e. The van der Waals surface area contributed by atoms with E-state index in [0.717, 1.165) is 23.7 Å². The van der Waals surface area contributed by atoms with Crippen LogP contribution in [-0.4, -0.2) is 44.8 Å². The van der Waals surface area contributed by atoms with Gasteiger partial charge in [-0.1, -0.05) is 54.1 Å². The number of carboxylic acids is 1. The van der Waals surface area contributed by atoms with Crippen molar-refractivity contribution in [2.75, 3.05) is 12.4 Å². The molecule has 0 radical (unpaired) electrons. The van der Waals surface area contributed by atoms with Gasteiger partial charge in [-0.3, -0.25) is 14.9 Å². The molecule has 2 aromatic heterocycles. The predicted molar refractivity (Wildman–Crippen MR) is 178 cm³/mol. The van der Waals surface area contributed by atoms with Crippen molar-refractivity contribution < 1.29 is 19.4 Å². The molecule has 12 nitrogen and oxygen atoms in total. The standard InChI is InChI=1S/C31H28ClN7O3.C2H4O2/c1-42-31(41)36-23-10-7-20(8-11-23)26-18-35-29(37-26)27(15-19-5-3-2-4-6-19)39-14-13-21(16-28(39)40)24-17-22(32)9-12-25(24)38-30(33)34;1-2(3)4/h2-14,16-18,27H,15H2,1H3,(H,35,37)(H,36,41)(H4,33,34,38);1H3,(H,3,4). The number of hydrogen-bond acceptors (Lipinski definition) is 6. The maximum atomic E-state index is 13.6. The molecular formula is C33H32ClN7O5. The van der Waals surface area contributed by atoms with Gasteiger partial charge in [0.2, 0.25) is 0 Å². The molecule has 1 atom stereocenters. The molecule has 13 heteroatoms. The van der Waals surface area contributed by atoms with Gasteiger partial charge in [-0.2, -0.15) is 0 Å². The minimum atomic E-state index is -0.833. The number of carbonyl (C=O) groups excluding carboxylic acids is 1. The molecule has 0 fully saturated rings. The highest BCUT2D eigenvalue weighted by molar-refractivity contribution is 6.31. The highest BCUT2D eigenvalue weighted by Gasteiger charge is 2.21. The number of anilines is 1. The van der Waals surface area contributed by atoms with Crippen LogP contribution in [0, 0.1) is 0 Å². The van der Waals surface area contributed by atoms with Crippen LogP contribution < -0.4 is 22.3 Å². The molecule has 0 saturated heterocycles. The van der Waals surface area contributed by atoms with E-state index in [4.69, 9.17) is 33.0 Å². The normalized spacial score (nSPS) is 11.0. The first-order valence-corrected chi connectivity index (χ1v) is 14.3. The van der Waals surface area contributed by atoms with E-state index in [9.17, 15) is 9.59 Å². The number of hydrogen-bond donors (Lipinski definition) is 5. The predicted octanol–water partition coefficient (Wildman–Crippen LogP) is 5.57. The van der Waals surface area contributed by atoms with Crippen molar-refractivity contribution in [3.05, 3.63) is 124 Å². The topological polar surface area (TPSA) is 191 Å². The zero-order valence-electron chi connectivity index (χ0n) is 25.0. The summed E-state index contributed by atoms with van der Waals surface area (Å²) >= 11 is 6.25. The van der Waals surface area contributed by atoms with Gasteiger partial charge in [0.1, 0.15) is 5.82 Å². The highest BCUT2D eigenvalue weighted by atomic mass is 35.5. The molecule has 3 aromatic carbocycles. The van der Waals surface area contributed by atoms with Gasteiger partial charge in [-0.15, -0.1) is 0 Å². The number of H-pyrrole nitrogens is 1. The van der Waals surface area contributed by atoms with Gasteiger partial charge in [0, 0.05) is 41.9 Å². The summed E-state index contributed by atoms with van der Waals surface area (Å²) < 4.78 is 6.29. The first-order valence-electron chi connectivity index (χ1n) is 13.9. The van der Waals surface area contributed by atoms with E-state index in [1.165, 1.54) is 13.2 Å². The van der Waals surface area contributed by atoms with Crippen molar-refractivity contribution in [1.29, 1.82) is 0 Å². The van der Waals surface area contributed by atoms with Crippen molar-refractivity contribution in [1.82, 2.24) is 14.5 Å². The summed E-state index contributed by atoms with van der Waals surface area (Å²) in [6.07, 6.45) is 3.43. The zero-order chi connectivity index (χ0) is 33.2. The Hall–Kier alpha value is -5.88. The molecule has 7 N–H and O–H groups in total. The lowest BCUT2D eigenvalue weighted by Crippen LogP contribution is -2.27. The van der Waals surface area contributed by atoms with Crippen LogP contribution in [0.15, 0.2) is 107 Å². The van der Waals surface area contributed by atoms with Crippen molar-refractivity contribution in [2.45, 2.75) is 19.4 Å². The fraction of sp³-hybridized carbons (Fsp3) is 0.121. The number of benzene rings is 3. The summed E-state index contributed by atoms with van der Waals surface area (Å²) in [5.41, 5.74) is 16.0. The lowest BCUT2D eigenvalue weighted by Gasteiger charge is -2.19. The number of halogens is 1. The summed E-state index contributed by atoms with van der Waals surface area (Å²) in [4.78, 5) is 46.4. The number of carboxylic acid groups (broad SMARTS) is 1. The van der Waals surface area contributed by atoms with Gasteiger partial charge < -0.3 is 30.9 Å². The van der Waals surface area contributed by atoms with Crippen LogP contribution in [0.25, 0.3) is 22.4 Å². The molecule has 0 aliphatic heterocycles. The molecule has 46 heavy (non-hydrogen) atoms. The van der Waals surface area contributed by atoms with Crippen LogP contribution in [-0.2, 0) is 16.0 Å². The zero-order valence-corrected chi connectivity index (χ0v) is 25.7. The molecular weight excluding hydrogens is 610 g/mol. The third-order valence-corrected chi connectivity index (χ3v) is 6.85. The molecule has 5 aromatic rings. The summed E-state index contributed by atoms with van der Waals surface area (Å²) in [6.45, 7) is 1.08. The number of aromatic nitrogens is 3. The molecule has 1 unspecified atom stereocenters. The van der Waals surface area contributed by atoms with Gasteiger partial charge in [-0.05, 0) is 53.1 Å². The first kappa shape index (κ1) is 33.0. The third-order valence-electron chi connectivity index (χ3n) is 6.61. The number of carbonyl (C=O) groups is 2. The molecule has 236 valence electrons. The minimum absolute atomic E-state index is 0.0992. The Balaban J connectivity index is 0.00000113. The monoisotopic (exact) mass is 641 g/mol. The van der Waals surface area contributed by atoms with Crippen LogP contribution in [0.5, 0.6) is 0 Å². The van der Waals surface area contributed by atoms with E-state index < -0.39 is 18.1 Å². The van der Waals surface area contributed by atoms with E-state index >= 15 is 0 Å². The van der Waals surface area contributed by atoms with E-state index in [-0.39, 0.29) is 11.5 Å². The van der Waals surface area contributed by atoms with E-state index in [1.54, 1.807) is 47.3 Å². The SMILES string of the molecule is CC(=O)O.COC(=O)Nc1ccc(-c2cnc(C(Cc3ccccc3)n3ccc(-c4cc(Cl)ccc4N=C(N)N)cc3=O)[nH]2)cc1. The molecule has 0 bridgehead atoms. The number of aliphatic carboxylic acids is 1. The number of ether oxygens (including phenoxy) is 1. The van der Waals surface area contributed by atoms with Crippen molar-refractivity contribution in [3.63, 3.8) is 0 Å². The molecule has 0 aliphatic carbocycles. The Kier molecular flexibility index (Phi) is 10.9. The van der Waals surface area contributed by atoms with E-state index in [0.29, 0.717) is 39.8 Å². The highest BCUT2D eigenvalue weighted by Crippen LogP contribution is 2.33. The Morgan fingerprint density at radius 2 is 1.74 bits per heavy atom. The summed E-state index contributed by atoms with van der Waals surface area (Å²) in [7, 11) is 1.31. The van der Waals surface area contributed by atoms with Gasteiger partial charge in [0.25, 0.3) is 11.5 Å². The van der Waals surface area contributed by atoms with Crippen LogP contribution in [0.4, 0.5) is 16.2 Å². The molecule has 1 amide bonds. The number of rotatable bonds is 8. The van der Waals surface area contributed by atoms with Gasteiger partial charge in [-0.25, -0.2) is 14.8 Å². The van der Waals surface area contributed by atoms with E-state index in [1.807, 2.05) is 48.5 Å². The number of nitrogens with one attached hydrogen (secondary N) is 2. The second-order valence-electron chi connectivity index (χ2n) is 9.96. The van der Waals surface area contributed by atoms with Crippen LogP contribution in [0.1, 0.15) is 24.4 Å². The van der Waals surface area contributed by atoms with Gasteiger partial charge in [0.15, 0.2) is 5.96 Å². The largest absolute Gasteiger partial charge is 0.481 e. The van der Waals surface area contributed by atoms with Crippen LogP contribution >= 0.6 is 11.6 Å². The maximum absolute atomic E-state index is 13.6. The summed E-state index contributed by atoms with van der Waals surface area (Å²) in [5.74, 6) is -0.317. The van der Waals surface area contributed by atoms with Crippen LogP contribution in [0.2, 0.25) is 5.02 Å². The average Bonchev–Trinajstić information content (AvgIpc) is 3.51. The second kappa shape index (κ2) is 15.2. The molecule has 5 rings (SSSR count). The molecule has 0 aliphatic rings. The van der Waals surface area contributed by atoms with Gasteiger partial charge in [0.05, 0.1) is 30.7 Å². The fourth-order valence-electron chi connectivity index (χ4n) is 4.61. The summed E-state index contributed by atoms with van der Waals surface area (Å²) in [6, 6.07) is 25.2. The number of aromatic amines is 1. The number of amides is 1. The lowest BCUT2D eigenvalue weighted by atomic mass is 10.0. The second-order valence-corrected chi connectivity index (χ2v) is 10.4. The summed E-state index contributed by atoms with van der Waals surface area (Å²) in [5, 5.41) is 10.5. The Morgan fingerprint density at radius 1 is 1.04 bits per heavy atom. The Labute approximate surface area is 269 Å². The van der Waals surface area contributed by atoms with Crippen molar-refractivity contribution >= 4 is 41.0 Å². The third kappa shape index (κ3) is 8.83. The number of imidazole rings is 1. The number of methoxy groups -OCH3 is 1. The molecule has 2 heterocycles. The number of guanidine groups is 1. The number of pyridine rings is 1. The quantitative estimate of drug-likeness (QED) is 0.107. The molecule has 0 spiro atoms. The lowest BCUT2D eigenvalue weighted by molar-refractivity contribution is -0.134. The average molecular weight is 642 g/mol. The van der Waals surface area contributed by atoms with Crippen LogP contribution in [0.3, 0.4) is 0 Å². The minimum Gasteiger partial charge on any atom is -0.481 e. The van der Waals surface area contributed by atoms with Gasteiger partial charge >= 0.3 is 6.09 Å². The smallest absolute Gasteiger partial charge is 0.411 e. The first-order chi connectivity index (χ1) is 22.0. The number of nitrogens with two attached hydrogens (primary N) is 2. The van der Waals surface area contributed by atoms with Crippen molar-refractivity contribution in [3.8, 4) is 22.4 Å². The fourth-order valence-corrected chi connectivity index (χ4v) is 4.78. The molecule has 0 saturated carbocycles. The Bertz CT molecular complexity index is 1900. The van der Waals surface area contributed by atoms with Crippen molar-refractivity contribution in [2.24, 2.45) is 16.5 Å².